The first kappa shape index (κ1) is 15.7. The summed E-state index contributed by atoms with van der Waals surface area (Å²) in [4.78, 5) is 13.0. The van der Waals surface area contributed by atoms with Gasteiger partial charge in [-0.05, 0) is 38.6 Å². The number of aldehydes is 1. The molecule has 1 aromatic carbocycles. The monoisotopic (exact) mass is 265 g/mol. The van der Waals surface area contributed by atoms with E-state index in [0.29, 0.717) is 18.7 Å². The Kier molecular flexibility index (Phi) is 5.51. The van der Waals surface area contributed by atoms with Crippen molar-refractivity contribution >= 4 is 6.29 Å². The number of hydrogen-bond donors (Lipinski definition) is 1. The third-order valence-electron chi connectivity index (χ3n) is 2.89. The zero-order valence-electron chi connectivity index (χ0n) is 12.1. The van der Waals surface area contributed by atoms with Gasteiger partial charge in [-0.1, -0.05) is 6.92 Å². The Bertz CT molecular complexity index is 424. The molecule has 19 heavy (non-hydrogen) atoms. The van der Waals surface area contributed by atoms with Crippen molar-refractivity contribution in [3.05, 3.63) is 29.3 Å². The Hall–Kier alpha value is -1.39. The van der Waals surface area contributed by atoms with Crippen LogP contribution in [0.3, 0.4) is 0 Å². The molecule has 0 saturated carbocycles. The molecule has 0 saturated heterocycles. The maximum absolute atomic E-state index is 10.8. The van der Waals surface area contributed by atoms with Crippen molar-refractivity contribution in [2.45, 2.75) is 32.9 Å². The molecule has 0 radical (unpaired) electrons. The van der Waals surface area contributed by atoms with Crippen LogP contribution in [0.5, 0.6) is 5.75 Å². The van der Waals surface area contributed by atoms with Crippen molar-refractivity contribution in [2.24, 2.45) is 0 Å². The largest absolute Gasteiger partial charge is 0.496 e. The summed E-state index contributed by atoms with van der Waals surface area (Å²) in [5.41, 5.74) is 0.847. The van der Waals surface area contributed by atoms with Gasteiger partial charge in [0.2, 0.25) is 0 Å². The van der Waals surface area contributed by atoms with Crippen LogP contribution in [0.2, 0.25) is 0 Å². The van der Waals surface area contributed by atoms with E-state index in [1.165, 1.54) is 0 Å². The Morgan fingerprint density at radius 2 is 2.11 bits per heavy atom. The van der Waals surface area contributed by atoms with Crippen LogP contribution in [0, 0.1) is 0 Å². The molecular weight excluding hydrogens is 242 g/mol. The fraction of sp³-hybridized carbons (Fsp3) is 0.533. The third-order valence-corrected chi connectivity index (χ3v) is 2.89. The summed E-state index contributed by atoms with van der Waals surface area (Å²) in [5, 5.41) is 9.90. The van der Waals surface area contributed by atoms with E-state index in [1.807, 2.05) is 13.0 Å². The van der Waals surface area contributed by atoms with E-state index in [1.54, 1.807) is 33.1 Å². The fourth-order valence-electron chi connectivity index (χ4n) is 2.06. The average molecular weight is 265 g/mol. The van der Waals surface area contributed by atoms with E-state index in [0.717, 1.165) is 24.1 Å². The van der Waals surface area contributed by atoms with Crippen LogP contribution in [-0.2, 0) is 6.54 Å². The van der Waals surface area contributed by atoms with Gasteiger partial charge in [-0.15, -0.1) is 0 Å². The smallest absolute Gasteiger partial charge is 0.150 e. The quantitative estimate of drug-likeness (QED) is 0.767. The molecule has 0 atom stereocenters. The summed E-state index contributed by atoms with van der Waals surface area (Å²) in [6.45, 7) is 7.65. The summed E-state index contributed by atoms with van der Waals surface area (Å²) >= 11 is 0. The van der Waals surface area contributed by atoms with Crippen molar-refractivity contribution in [3.8, 4) is 5.75 Å². The number of carbonyl (C=O) groups is 1. The number of methoxy groups -OCH3 is 1. The highest BCUT2D eigenvalue weighted by Gasteiger charge is 2.18. The van der Waals surface area contributed by atoms with Crippen LogP contribution in [0.1, 0.15) is 36.7 Å². The first-order chi connectivity index (χ1) is 8.89. The van der Waals surface area contributed by atoms with Crippen LogP contribution in [0.25, 0.3) is 0 Å². The molecule has 0 aliphatic carbocycles. The maximum atomic E-state index is 10.8. The number of likely N-dealkylation sites (N-methyl/N-ethyl adjacent to an activating group) is 1. The van der Waals surface area contributed by atoms with Gasteiger partial charge in [-0.2, -0.15) is 0 Å². The second-order valence-corrected chi connectivity index (χ2v) is 5.30. The molecule has 106 valence electrons. The second-order valence-electron chi connectivity index (χ2n) is 5.30. The summed E-state index contributed by atoms with van der Waals surface area (Å²) in [5.74, 6) is 0.764. The van der Waals surface area contributed by atoms with Crippen molar-refractivity contribution in [3.63, 3.8) is 0 Å². The van der Waals surface area contributed by atoms with Gasteiger partial charge in [0.1, 0.15) is 12.0 Å². The minimum Gasteiger partial charge on any atom is -0.496 e. The van der Waals surface area contributed by atoms with Gasteiger partial charge in [-0.25, -0.2) is 0 Å². The fourth-order valence-corrected chi connectivity index (χ4v) is 2.06. The Morgan fingerprint density at radius 1 is 1.42 bits per heavy atom. The Morgan fingerprint density at radius 3 is 2.58 bits per heavy atom. The summed E-state index contributed by atoms with van der Waals surface area (Å²) in [7, 11) is 1.62. The molecule has 0 fully saturated rings. The standard InChI is InChI=1S/C15H23NO3/c1-5-16(11-15(2,3)18)9-13-8-12(10-17)6-7-14(13)19-4/h6-8,10,18H,5,9,11H2,1-4H3. The van der Waals surface area contributed by atoms with Gasteiger partial charge in [0.15, 0.2) is 0 Å². The van der Waals surface area contributed by atoms with Crippen molar-refractivity contribution < 1.29 is 14.6 Å². The first-order valence-electron chi connectivity index (χ1n) is 6.46. The SMILES string of the molecule is CCN(Cc1cc(C=O)ccc1OC)CC(C)(C)O. The molecule has 0 aliphatic rings. The van der Waals surface area contributed by atoms with Gasteiger partial charge >= 0.3 is 0 Å². The number of hydrogen-bond acceptors (Lipinski definition) is 4. The Balaban J connectivity index is 2.91. The number of rotatable bonds is 7. The van der Waals surface area contributed by atoms with Crippen molar-refractivity contribution in [2.75, 3.05) is 20.2 Å². The summed E-state index contributed by atoms with van der Waals surface area (Å²) < 4.78 is 5.32. The van der Waals surface area contributed by atoms with Crippen molar-refractivity contribution in [1.82, 2.24) is 4.90 Å². The minimum atomic E-state index is -0.745. The maximum Gasteiger partial charge on any atom is 0.150 e. The van der Waals surface area contributed by atoms with E-state index in [9.17, 15) is 9.90 Å². The number of nitrogens with zero attached hydrogens (tertiary/aromatic N) is 1. The zero-order valence-corrected chi connectivity index (χ0v) is 12.1. The van der Waals surface area contributed by atoms with E-state index in [2.05, 4.69) is 4.90 Å². The van der Waals surface area contributed by atoms with E-state index in [4.69, 9.17) is 4.74 Å². The topological polar surface area (TPSA) is 49.8 Å². The Labute approximate surface area is 115 Å². The van der Waals surface area contributed by atoms with Gasteiger partial charge in [0.05, 0.1) is 12.7 Å². The van der Waals surface area contributed by atoms with Crippen LogP contribution < -0.4 is 4.74 Å². The second kappa shape index (κ2) is 6.68. The number of ether oxygens (including phenoxy) is 1. The molecular formula is C15H23NO3. The average Bonchev–Trinajstić information content (AvgIpc) is 2.36. The molecule has 0 unspecified atom stereocenters. The molecule has 0 aliphatic heterocycles. The highest BCUT2D eigenvalue weighted by molar-refractivity contribution is 5.75. The lowest BCUT2D eigenvalue weighted by Crippen LogP contribution is -2.38. The molecule has 1 rings (SSSR count). The molecule has 0 bridgehead atoms. The molecule has 4 heteroatoms. The number of carbonyl (C=O) groups excluding carboxylic acids is 1. The summed E-state index contributed by atoms with van der Waals surface area (Å²) in [6, 6.07) is 5.37. The lowest BCUT2D eigenvalue weighted by Gasteiger charge is -2.28. The first-order valence-corrected chi connectivity index (χ1v) is 6.46. The van der Waals surface area contributed by atoms with Crippen molar-refractivity contribution in [1.29, 1.82) is 0 Å². The molecule has 0 heterocycles. The van der Waals surface area contributed by atoms with Crippen LogP contribution >= 0.6 is 0 Å². The molecule has 1 N–H and O–H groups in total. The molecule has 1 aromatic rings. The molecule has 4 nitrogen and oxygen atoms in total. The predicted molar refractivity (Wildman–Crippen MR) is 75.6 cm³/mol. The van der Waals surface area contributed by atoms with Gasteiger partial charge in [0, 0.05) is 24.2 Å². The third kappa shape index (κ3) is 5.01. The highest BCUT2D eigenvalue weighted by Crippen LogP contribution is 2.21. The predicted octanol–water partition coefficient (Wildman–Crippen LogP) is 2.10. The lowest BCUT2D eigenvalue weighted by molar-refractivity contribution is 0.0351. The highest BCUT2D eigenvalue weighted by atomic mass is 16.5. The zero-order chi connectivity index (χ0) is 14.5. The van der Waals surface area contributed by atoms with Gasteiger partial charge in [0.25, 0.3) is 0 Å². The summed E-state index contributed by atoms with van der Waals surface area (Å²) in [6.07, 6.45) is 0.829. The van der Waals surface area contributed by atoms with Crippen LogP contribution in [-0.4, -0.2) is 42.1 Å². The van der Waals surface area contributed by atoms with E-state index in [-0.39, 0.29) is 0 Å². The van der Waals surface area contributed by atoms with E-state index < -0.39 is 5.60 Å². The molecule has 0 amide bonds. The van der Waals surface area contributed by atoms with Gasteiger partial charge in [-0.3, -0.25) is 9.69 Å². The number of aliphatic hydroxyl groups is 1. The van der Waals surface area contributed by atoms with Gasteiger partial charge < -0.3 is 9.84 Å². The molecule has 0 aromatic heterocycles. The van der Waals surface area contributed by atoms with Crippen LogP contribution in [0.4, 0.5) is 0 Å². The minimum absolute atomic E-state index is 0.567. The molecule has 0 spiro atoms. The number of benzene rings is 1. The van der Waals surface area contributed by atoms with E-state index >= 15 is 0 Å². The van der Waals surface area contributed by atoms with Crippen LogP contribution in [0.15, 0.2) is 18.2 Å². The normalized spacial score (nSPS) is 11.7. The lowest BCUT2D eigenvalue weighted by atomic mass is 10.1.